The van der Waals surface area contributed by atoms with Crippen molar-refractivity contribution in [3.05, 3.63) is 46.2 Å². The second-order valence-corrected chi connectivity index (χ2v) is 6.66. The average molecular weight is 489 g/mol. The molecule has 2 aromatic rings. The van der Waals surface area contributed by atoms with Gasteiger partial charge in [-0.25, -0.2) is 0 Å². The van der Waals surface area contributed by atoms with Crippen LogP contribution in [-0.2, 0) is 0 Å². The second kappa shape index (κ2) is 11.3. The molecular weight excluding hydrogens is 461 g/mol. The Balaban J connectivity index is 0.00000338. The Morgan fingerprint density at radius 1 is 1.19 bits per heavy atom. The van der Waals surface area contributed by atoms with Gasteiger partial charge >= 0.3 is 0 Å². The summed E-state index contributed by atoms with van der Waals surface area (Å²) in [5.41, 5.74) is 2.37. The van der Waals surface area contributed by atoms with E-state index in [1.54, 1.807) is 32.6 Å². The fraction of sp³-hybridized carbons (Fsp3) is 0.421. The number of rotatable bonds is 7. The van der Waals surface area contributed by atoms with Crippen LogP contribution in [-0.4, -0.2) is 33.8 Å². The van der Waals surface area contributed by atoms with Gasteiger partial charge in [0.05, 0.1) is 20.3 Å². The predicted molar refractivity (Wildman–Crippen MR) is 121 cm³/mol. The monoisotopic (exact) mass is 489 g/mol. The number of guanidine groups is 1. The predicted octanol–water partition coefficient (Wildman–Crippen LogP) is 4.41. The lowest BCUT2D eigenvalue weighted by molar-refractivity contribution is 0.394. The Bertz CT molecular complexity index is 692. The van der Waals surface area contributed by atoms with E-state index in [9.17, 15) is 0 Å². The molecular formula is C19H28IN3O2S. The summed E-state index contributed by atoms with van der Waals surface area (Å²) in [7, 11) is 5.11. The molecule has 0 aliphatic carbocycles. The van der Waals surface area contributed by atoms with Gasteiger partial charge in [0.1, 0.15) is 11.5 Å². The highest BCUT2D eigenvalue weighted by molar-refractivity contribution is 14.0. The van der Waals surface area contributed by atoms with E-state index in [1.807, 2.05) is 18.2 Å². The summed E-state index contributed by atoms with van der Waals surface area (Å²) in [5.74, 6) is 2.81. The quantitative estimate of drug-likeness (QED) is 0.344. The summed E-state index contributed by atoms with van der Waals surface area (Å²) in [5, 5.41) is 11.1. The molecule has 2 N–H and O–H groups in total. The van der Waals surface area contributed by atoms with E-state index in [0.29, 0.717) is 5.92 Å². The number of hydrogen-bond acceptors (Lipinski definition) is 4. The Hall–Kier alpha value is -1.48. The van der Waals surface area contributed by atoms with Crippen molar-refractivity contribution in [2.45, 2.75) is 25.8 Å². The lowest BCUT2D eigenvalue weighted by Crippen LogP contribution is -2.40. The summed E-state index contributed by atoms with van der Waals surface area (Å²) < 4.78 is 10.8. The normalized spacial score (nSPS) is 13.3. The largest absolute Gasteiger partial charge is 0.497 e. The number of halogens is 1. The highest BCUT2D eigenvalue weighted by atomic mass is 127. The first-order valence-corrected chi connectivity index (χ1v) is 9.24. The fourth-order valence-corrected chi connectivity index (χ4v) is 3.36. The molecule has 2 unspecified atom stereocenters. The van der Waals surface area contributed by atoms with Gasteiger partial charge in [-0.3, -0.25) is 4.99 Å². The van der Waals surface area contributed by atoms with Crippen molar-refractivity contribution >= 4 is 41.3 Å². The lowest BCUT2D eigenvalue weighted by Gasteiger charge is -2.22. The molecule has 26 heavy (non-hydrogen) atoms. The van der Waals surface area contributed by atoms with Crippen LogP contribution in [0.2, 0.25) is 0 Å². The van der Waals surface area contributed by atoms with Crippen molar-refractivity contribution in [2.24, 2.45) is 4.99 Å². The molecule has 0 fully saturated rings. The third kappa shape index (κ3) is 6.05. The van der Waals surface area contributed by atoms with E-state index >= 15 is 0 Å². The van der Waals surface area contributed by atoms with E-state index < -0.39 is 0 Å². The minimum Gasteiger partial charge on any atom is -0.497 e. The molecule has 2 atom stereocenters. The molecule has 0 spiro atoms. The smallest absolute Gasteiger partial charge is 0.191 e. The number of benzene rings is 1. The van der Waals surface area contributed by atoms with Crippen LogP contribution < -0.4 is 20.1 Å². The molecule has 1 aromatic carbocycles. The van der Waals surface area contributed by atoms with Crippen molar-refractivity contribution < 1.29 is 9.47 Å². The fourth-order valence-electron chi connectivity index (χ4n) is 2.58. The van der Waals surface area contributed by atoms with E-state index in [0.717, 1.165) is 29.6 Å². The SMILES string of the molecule is CN=C(NCC(C)c1ccsc1)NC(C)c1cc(OC)ccc1OC.I. The van der Waals surface area contributed by atoms with Gasteiger partial charge in [0.25, 0.3) is 0 Å². The molecule has 0 saturated heterocycles. The maximum Gasteiger partial charge on any atom is 0.191 e. The highest BCUT2D eigenvalue weighted by Gasteiger charge is 2.15. The molecule has 7 heteroatoms. The standard InChI is InChI=1S/C19H27N3O2S.HI/c1-13(15-8-9-25-12-15)11-21-19(20-3)22-14(2)17-10-16(23-4)6-7-18(17)24-5;/h6-10,12-14H,11H2,1-5H3,(H2,20,21,22);1H. The number of nitrogens with one attached hydrogen (secondary N) is 2. The zero-order valence-electron chi connectivity index (χ0n) is 15.9. The lowest BCUT2D eigenvalue weighted by atomic mass is 10.1. The van der Waals surface area contributed by atoms with Crippen molar-refractivity contribution in [3.63, 3.8) is 0 Å². The molecule has 0 radical (unpaired) electrons. The molecule has 0 saturated carbocycles. The Morgan fingerprint density at radius 2 is 1.96 bits per heavy atom. The minimum atomic E-state index is 0. The van der Waals surface area contributed by atoms with Crippen LogP contribution in [0.4, 0.5) is 0 Å². The molecule has 5 nitrogen and oxygen atoms in total. The van der Waals surface area contributed by atoms with Crippen molar-refractivity contribution in [1.82, 2.24) is 10.6 Å². The Morgan fingerprint density at radius 3 is 2.54 bits per heavy atom. The average Bonchev–Trinajstić information content (AvgIpc) is 3.18. The van der Waals surface area contributed by atoms with Gasteiger partial charge in [-0.1, -0.05) is 6.92 Å². The second-order valence-electron chi connectivity index (χ2n) is 5.88. The number of methoxy groups -OCH3 is 2. The summed E-state index contributed by atoms with van der Waals surface area (Å²) >= 11 is 1.72. The number of nitrogens with zero attached hydrogens (tertiary/aromatic N) is 1. The van der Waals surface area contributed by atoms with Crippen LogP contribution >= 0.6 is 35.3 Å². The van der Waals surface area contributed by atoms with Gasteiger partial charge < -0.3 is 20.1 Å². The molecule has 2 rings (SSSR count). The molecule has 1 heterocycles. The van der Waals surface area contributed by atoms with Crippen LogP contribution in [0.25, 0.3) is 0 Å². The first kappa shape index (κ1) is 22.6. The minimum absolute atomic E-state index is 0. The van der Waals surface area contributed by atoms with Gasteiger partial charge in [0, 0.05) is 19.2 Å². The molecule has 0 amide bonds. The van der Waals surface area contributed by atoms with E-state index in [4.69, 9.17) is 9.47 Å². The number of aliphatic imine (C=N–C) groups is 1. The first-order valence-electron chi connectivity index (χ1n) is 8.30. The zero-order valence-corrected chi connectivity index (χ0v) is 19.1. The number of hydrogen-bond donors (Lipinski definition) is 2. The summed E-state index contributed by atoms with van der Waals surface area (Å²) in [4.78, 5) is 4.33. The maximum atomic E-state index is 5.47. The summed E-state index contributed by atoms with van der Waals surface area (Å²) in [6, 6.07) is 7.98. The van der Waals surface area contributed by atoms with Gasteiger partial charge in [-0.2, -0.15) is 11.3 Å². The zero-order chi connectivity index (χ0) is 18.2. The highest BCUT2D eigenvalue weighted by Crippen LogP contribution is 2.29. The molecule has 0 aliphatic rings. The van der Waals surface area contributed by atoms with Crippen LogP contribution in [0, 0.1) is 0 Å². The first-order chi connectivity index (χ1) is 12.1. The van der Waals surface area contributed by atoms with Crippen LogP contribution in [0.15, 0.2) is 40.0 Å². The van der Waals surface area contributed by atoms with Gasteiger partial charge in [0.15, 0.2) is 5.96 Å². The van der Waals surface area contributed by atoms with Gasteiger partial charge in [-0.05, 0) is 53.4 Å². The Labute approximate surface area is 177 Å². The van der Waals surface area contributed by atoms with Crippen LogP contribution in [0.3, 0.4) is 0 Å². The van der Waals surface area contributed by atoms with Gasteiger partial charge in [-0.15, -0.1) is 24.0 Å². The molecule has 0 aliphatic heterocycles. The topological polar surface area (TPSA) is 54.9 Å². The van der Waals surface area contributed by atoms with E-state index in [2.05, 4.69) is 46.3 Å². The third-order valence-corrected chi connectivity index (χ3v) is 4.87. The van der Waals surface area contributed by atoms with Crippen LogP contribution in [0.5, 0.6) is 11.5 Å². The maximum absolute atomic E-state index is 5.47. The summed E-state index contributed by atoms with van der Waals surface area (Å²) in [6.45, 7) is 5.10. The summed E-state index contributed by atoms with van der Waals surface area (Å²) in [6.07, 6.45) is 0. The van der Waals surface area contributed by atoms with Gasteiger partial charge in [0.2, 0.25) is 0 Å². The van der Waals surface area contributed by atoms with Crippen LogP contribution in [0.1, 0.15) is 36.9 Å². The number of ether oxygens (including phenoxy) is 2. The van der Waals surface area contributed by atoms with Crippen molar-refractivity contribution in [3.8, 4) is 11.5 Å². The number of thiophene rings is 1. The van der Waals surface area contributed by atoms with Crippen molar-refractivity contribution in [2.75, 3.05) is 27.8 Å². The van der Waals surface area contributed by atoms with Crippen molar-refractivity contribution in [1.29, 1.82) is 0 Å². The molecule has 0 bridgehead atoms. The Kier molecular flexibility index (Phi) is 9.79. The van der Waals surface area contributed by atoms with E-state index in [-0.39, 0.29) is 30.0 Å². The van der Waals surface area contributed by atoms with E-state index in [1.165, 1.54) is 5.56 Å². The molecule has 1 aromatic heterocycles. The third-order valence-electron chi connectivity index (χ3n) is 4.17. The molecule has 144 valence electrons.